The number of benzene rings is 2. The molecule has 1 amide bonds. The third kappa shape index (κ3) is 3.70. The zero-order valence-electron chi connectivity index (χ0n) is 12.9. The minimum absolute atomic E-state index is 0.277. The van der Waals surface area contributed by atoms with Gasteiger partial charge in [-0.25, -0.2) is 0 Å². The molecule has 3 rings (SSSR count). The van der Waals surface area contributed by atoms with E-state index in [0.29, 0.717) is 29.5 Å². The van der Waals surface area contributed by atoms with Crippen LogP contribution in [-0.2, 0) is 0 Å². The normalized spacial score (nSPS) is 10.2. The third-order valence-corrected chi connectivity index (χ3v) is 3.30. The first kappa shape index (κ1) is 15.6. The Morgan fingerprint density at radius 1 is 1.17 bits per heavy atom. The van der Waals surface area contributed by atoms with Crippen LogP contribution in [0, 0.1) is 0 Å². The fraction of sp³-hybridized carbons (Fsp3) is 0.0526. The van der Waals surface area contributed by atoms with Crippen LogP contribution in [0.3, 0.4) is 0 Å². The summed E-state index contributed by atoms with van der Waals surface area (Å²) in [4.78, 5) is 12.2. The van der Waals surface area contributed by atoms with Gasteiger partial charge < -0.3 is 9.26 Å². The molecule has 0 spiro atoms. The van der Waals surface area contributed by atoms with E-state index in [1.165, 1.54) is 0 Å². The molecule has 1 aromatic heterocycles. The lowest BCUT2D eigenvalue weighted by Gasteiger charge is -2.04. The standard InChI is InChI=1S/C19H16N2O3/c1-2-12-23-16-10-8-15(9-11-16)19(22)20-18-13-17(21-24-18)14-6-4-3-5-7-14/h2-11,13H,1,12H2,(H,20,22). The van der Waals surface area contributed by atoms with Crippen LogP contribution in [0.1, 0.15) is 10.4 Å². The molecular weight excluding hydrogens is 304 g/mol. The van der Waals surface area contributed by atoms with Gasteiger partial charge in [0.25, 0.3) is 5.91 Å². The lowest BCUT2D eigenvalue weighted by Crippen LogP contribution is -2.11. The minimum atomic E-state index is -0.277. The Balaban J connectivity index is 1.66. The van der Waals surface area contributed by atoms with Crippen LogP contribution in [0.5, 0.6) is 5.75 Å². The van der Waals surface area contributed by atoms with Gasteiger partial charge in [-0.15, -0.1) is 0 Å². The van der Waals surface area contributed by atoms with E-state index in [-0.39, 0.29) is 5.91 Å². The van der Waals surface area contributed by atoms with Crippen LogP contribution in [0.2, 0.25) is 0 Å². The zero-order valence-corrected chi connectivity index (χ0v) is 12.9. The molecule has 0 aliphatic carbocycles. The number of aromatic nitrogens is 1. The Labute approximate surface area is 139 Å². The van der Waals surface area contributed by atoms with Crippen molar-refractivity contribution in [2.45, 2.75) is 0 Å². The molecule has 0 unspecified atom stereocenters. The molecule has 1 heterocycles. The highest BCUT2D eigenvalue weighted by molar-refractivity contribution is 6.03. The number of hydrogen-bond acceptors (Lipinski definition) is 4. The summed E-state index contributed by atoms with van der Waals surface area (Å²) < 4.78 is 10.6. The van der Waals surface area contributed by atoms with Crippen molar-refractivity contribution in [3.8, 4) is 17.0 Å². The van der Waals surface area contributed by atoms with Crippen LogP contribution in [0.15, 0.2) is 77.8 Å². The summed E-state index contributed by atoms with van der Waals surface area (Å²) in [7, 11) is 0. The molecule has 5 nitrogen and oxygen atoms in total. The van der Waals surface area contributed by atoms with Crippen LogP contribution >= 0.6 is 0 Å². The number of hydrogen-bond donors (Lipinski definition) is 1. The molecule has 0 aliphatic rings. The number of carbonyl (C=O) groups excluding carboxylic acids is 1. The minimum Gasteiger partial charge on any atom is -0.490 e. The Hall–Kier alpha value is -3.34. The number of carbonyl (C=O) groups is 1. The summed E-state index contributed by atoms with van der Waals surface area (Å²) in [6.45, 7) is 4.01. The quantitative estimate of drug-likeness (QED) is 0.693. The van der Waals surface area contributed by atoms with E-state index < -0.39 is 0 Å². The van der Waals surface area contributed by atoms with E-state index in [9.17, 15) is 4.79 Å². The summed E-state index contributed by atoms with van der Waals surface area (Å²) in [5.41, 5.74) is 2.09. The summed E-state index contributed by atoms with van der Waals surface area (Å²) in [6, 6.07) is 18.1. The van der Waals surface area contributed by atoms with Crippen molar-refractivity contribution < 1.29 is 14.1 Å². The molecule has 0 aliphatic heterocycles. The maximum atomic E-state index is 12.2. The van der Waals surface area contributed by atoms with E-state index >= 15 is 0 Å². The molecular formula is C19H16N2O3. The lowest BCUT2D eigenvalue weighted by atomic mass is 10.1. The molecule has 120 valence electrons. The molecule has 3 aromatic rings. The molecule has 0 fully saturated rings. The van der Waals surface area contributed by atoms with Crippen LogP contribution in [0.25, 0.3) is 11.3 Å². The Morgan fingerprint density at radius 3 is 2.62 bits per heavy atom. The van der Waals surface area contributed by atoms with E-state index in [1.807, 2.05) is 30.3 Å². The van der Waals surface area contributed by atoms with Gasteiger partial charge in [0.05, 0.1) is 0 Å². The SMILES string of the molecule is C=CCOc1ccc(C(=O)Nc2cc(-c3ccccc3)no2)cc1. The van der Waals surface area contributed by atoms with Gasteiger partial charge in [-0.05, 0) is 24.3 Å². The molecule has 24 heavy (non-hydrogen) atoms. The number of nitrogens with one attached hydrogen (secondary N) is 1. The molecule has 0 bridgehead atoms. The van der Waals surface area contributed by atoms with E-state index in [0.717, 1.165) is 5.56 Å². The number of nitrogens with zero attached hydrogens (tertiary/aromatic N) is 1. The van der Waals surface area contributed by atoms with Gasteiger partial charge >= 0.3 is 0 Å². The molecule has 0 atom stereocenters. The van der Waals surface area contributed by atoms with Gasteiger partial charge in [0, 0.05) is 17.2 Å². The van der Waals surface area contributed by atoms with Gasteiger partial charge in [0.1, 0.15) is 18.1 Å². The first-order valence-corrected chi connectivity index (χ1v) is 7.43. The van der Waals surface area contributed by atoms with E-state index in [2.05, 4.69) is 17.1 Å². The molecule has 5 heteroatoms. The van der Waals surface area contributed by atoms with Crippen molar-refractivity contribution in [2.24, 2.45) is 0 Å². The van der Waals surface area contributed by atoms with Crippen molar-refractivity contribution >= 4 is 11.8 Å². The van der Waals surface area contributed by atoms with Crippen molar-refractivity contribution in [3.05, 3.63) is 78.9 Å². The van der Waals surface area contributed by atoms with E-state index in [4.69, 9.17) is 9.26 Å². The highest BCUT2D eigenvalue weighted by Gasteiger charge is 2.11. The average Bonchev–Trinajstić information content (AvgIpc) is 3.09. The zero-order chi connectivity index (χ0) is 16.8. The number of ether oxygens (including phenoxy) is 1. The maximum absolute atomic E-state index is 12.2. The highest BCUT2D eigenvalue weighted by Crippen LogP contribution is 2.22. The largest absolute Gasteiger partial charge is 0.490 e. The summed E-state index contributed by atoms with van der Waals surface area (Å²) in [5, 5.41) is 6.65. The topological polar surface area (TPSA) is 64.4 Å². The third-order valence-electron chi connectivity index (χ3n) is 3.30. The van der Waals surface area contributed by atoms with Gasteiger partial charge in [-0.1, -0.05) is 48.1 Å². The average molecular weight is 320 g/mol. The first-order valence-electron chi connectivity index (χ1n) is 7.43. The summed E-state index contributed by atoms with van der Waals surface area (Å²) >= 11 is 0. The maximum Gasteiger partial charge on any atom is 0.258 e. The molecule has 0 saturated carbocycles. The Bertz CT molecular complexity index is 823. The highest BCUT2D eigenvalue weighted by atomic mass is 16.5. The number of rotatable bonds is 6. The second-order valence-electron chi connectivity index (χ2n) is 5.02. The molecule has 1 N–H and O–H groups in total. The molecule has 2 aromatic carbocycles. The van der Waals surface area contributed by atoms with Gasteiger partial charge in [-0.3, -0.25) is 10.1 Å². The summed E-state index contributed by atoms with van der Waals surface area (Å²) in [5.74, 6) is 0.698. The fourth-order valence-electron chi connectivity index (χ4n) is 2.12. The van der Waals surface area contributed by atoms with E-state index in [1.54, 1.807) is 36.4 Å². The number of amides is 1. The Morgan fingerprint density at radius 2 is 1.92 bits per heavy atom. The predicted molar refractivity (Wildman–Crippen MR) is 92.0 cm³/mol. The van der Waals surface area contributed by atoms with Crippen LogP contribution in [0.4, 0.5) is 5.88 Å². The first-order chi connectivity index (χ1) is 11.8. The smallest absolute Gasteiger partial charge is 0.258 e. The lowest BCUT2D eigenvalue weighted by molar-refractivity contribution is 0.102. The van der Waals surface area contributed by atoms with Crippen molar-refractivity contribution in [1.29, 1.82) is 0 Å². The second kappa shape index (κ2) is 7.28. The number of anilines is 1. The monoisotopic (exact) mass is 320 g/mol. The predicted octanol–water partition coefficient (Wildman–Crippen LogP) is 4.16. The molecule has 0 saturated heterocycles. The van der Waals surface area contributed by atoms with Crippen molar-refractivity contribution in [1.82, 2.24) is 5.16 Å². The van der Waals surface area contributed by atoms with Crippen molar-refractivity contribution in [2.75, 3.05) is 11.9 Å². The van der Waals surface area contributed by atoms with Crippen LogP contribution < -0.4 is 10.1 Å². The van der Waals surface area contributed by atoms with Crippen LogP contribution in [-0.4, -0.2) is 17.7 Å². The summed E-state index contributed by atoms with van der Waals surface area (Å²) in [6.07, 6.45) is 1.66. The van der Waals surface area contributed by atoms with Gasteiger partial charge in [0.15, 0.2) is 0 Å². The van der Waals surface area contributed by atoms with Gasteiger partial charge in [0.2, 0.25) is 5.88 Å². The molecule has 0 radical (unpaired) electrons. The fourth-order valence-corrected chi connectivity index (χ4v) is 2.12. The second-order valence-corrected chi connectivity index (χ2v) is 5.02. The van der Waals surface area contributed by atoms with Gasteiger partial charge in [-0.2, -0.15) is 0 Å². The van der Waals surface area contributed by atoms with Crippen molar-refractivity contribution in [3.63, 3.8) is 0 Å². The Kier molecular flexibility index (Phi) is 4.72.